The number of carbonyl (C=O) groups is 4. The van der Waals surface area contributed by atoms with Crippen LogP contribution in [0.3, 0.4) is 0 Å². The van der Waals surface area contributed by atoms with Crippen molar-refractivity contribution in [3.63, 3.8) is 0 Å². The summed E-state index contributed by atoms with van der Waals surface area (Å²) in [6.45, 7) is -0.705. The molecule has 3 amide bonds. The predicted molar refractivity (Wildman–Crippen MR) is 123 cm³/mol. The minimum atomic E-state index is -0.946. The molecular weight excluding hydrogens is 486 g/mol. The largest absolute Gasteiger partial charge is 0.465 e. The number of fused-ring (bicyclic) bond motifs is 1. The monoisotopic (exact) mass is 499 g/mol. The zero-order valence-corrected chi connectivity index (χ0v) is 18.9. The molecule has 0 saturated carbocycles. The van der Waals surface area contributed by atoms with E-state index < -0.39 is 40.8 Å². The van der Waals surface area contributed by atoms with Gasteiger partial charge in [-0.2, -0.15) is 0 Å². The van der Waals surface area contributed by atoms with Gasteiger partial charge in [0.1, 0.15) is 22.7 Å². The number of amides is 3. The van der Waals surface area contributed by atoms with Crippen molar-refractivity contribution in [2.24, 2.45) is 0 Å². The van der Waals surface area contributed by atoms with Gasteiger partial charge >= 0.3 is 5.97 Å². The van der Waals surface area contributed by atoms with Gasteiger partial charge in [-0.1, -0.05) is 35.9 Å². The van der Waals surface area contributed by atoms with Crippen molar-refractivity contribution >= 4 is 57.3 Å². The van der Waals surface area contributed by atoms with E-state index in [4.69, 9.17) is 16.3 Å². The van der Waals surface area contributed by atoms with Gasteiger partial charge in [0.2, 0.25) is 5.91 Å². The molecular formula is C22H14ClN3O7S. The summed E-state index contributed by atoms with van der Waals surface area (Å²) in [6.07, 6.45) is 0. The van der Waals surface area contributed by atoms with Crippen LogP contribution >= 0.6 is 22.9 Å². The first kappa shape index (κ1) is 23.1. The summed E-state index contributed by atoms with van der Waals surface area (Å²) in [6, 6.07) is 10.5. The molecule has 34 heavy (non-hydrogen) atoms. The molecule has 2 heterocycles. The minimum Gasteiger partial charge on any atom is -0.465 e. The molecule has 0 unspecified atom stereocenters. The molecule has 0 saturated heterocycles. The van der Waals surface area contributed by atoms with Crippen molar-refractivity contribution in [3.05, 3.63) is 79.7 Å². The number of esters is 1. The summed E-state index contributed by atoms with van der Waals surface area (Å²) in [5, 5.41) is 15.9. The first-order valence-corrected chi connectivity index (χ1v) is 10.9. The SMILES string of the molecule is COC(=O)c1c(-c2ccccc2Cl)csc1NC(=O)CN1C(=O)c2cccc([N+](=O)[O-])c2C1=O. The second kappa shape index (κ2) is 9.04. The van der Waals surface area contributed by atoms with Gasteiger partial charge in [-0.05, 0) is 12.1 Å². The van der Waals surface area contributed by atoms with Gasteiger partial charge < -0.3 is 10.1 Å². The summed E-state index contributed by atoms with van der Waals surface area (Å²) in [5.41, 5.74) is 0.0152. The third kappa shape index (κ3) is 3.91. The second-order valence-corrected chi connectivity index (χ2v) is 8.31. The number of benzene rings is 2. The zero-order chi connectivity index (χ0) is 24.6. The lowest BCUT2D eigenvalue weighted by molar-refractivity contribution is -0.385. The fourth-order valence-electron chi connectivity index (χ4n) is 3.55. The highest BCUT2D eigenvalue weighted by atomic mass is 35.5. The lowest BCUT2D eigenvalue weighted by atomic mass is 10.0. The fourth-order valence-corrected chi connectivity index (χ4v) is 4.76. The highest BCUT2D eigenvalue weighted by Gasteiger charge is 2.41. The Morgan fingerprint density at radius 3 is 2.47 bits per heavy atom. The molecule has 1 aliphatic rings. The molecule has 4 rings (SSSR count). The van der Waals surface area contributed by atoms with Crippen LogP contribution in [0.4, 0.5) is 10.7 Å². The van der Waals surface area contributed by atoms with Crippen LogP contribution in [0.25, 0.3) is 11.1 Å². The van der Waals surface area contributed by atoms with Gasteiger partial charge in [-0.15, -0.1) is 11.3 Å². The Labute approximate surface area is 200 Å². The number of thiophene rings is 1. The molecule has 3 aromatic rings. The number of hydrogen-bond acceptors (Lipinski definition) is 8. The van der Waals surface area contributed by atoms with E-state index in [0.717, 1.165) is 17.4 Å². The van der Waals surface area contributed by atoms with Crippen molar-refractivity contribution in [1.29, 1.82) is 0 Å². The maximum atomic E-state index is 12.7. The van der Waals surface area contributed by atoms with Crippen LogP contribution < -0.4 is 5.32 Å². The number of halogens is 1. The zero-order valence-electron chi connectivity index (χ0n) is 17.4. The summed E-state index contributed by atoms with van der Waals surface area (Å²) in [4.78, 5) is 61.7. The Morgan fingerprint density at radius 1 is 1.09 bits per heavy atom. The Kier molecular flexibility index (Phi) is 6.14. The Morgan fingerprint density at radius 2 is 1.79 bits per heavy atom. The summed E-state index contributed by atoms with van der Waals surface area (Å²) < 4.78 is 4.86. The number of nitro benzene ring substituents is 1. The third-order valence-electron chi connectivity index (χ3n) is 5.07. The summed E-state index contributed by atoms with van der Waals surface area (Å²) in [5.74, 6) is -3.27. The van der Waals surface area contributed by atoms with Crippen LogP contribution in [0, 0.1) is 10.1 Å². The molecule has 1 aliphatic heterocycles. The van der Waals surface area contributed by atoms with E-state index in [1.54, 1.807) is 29.6 Å². The number of nitrogens with one attached hydrogen (secondary N) is 1. The van der Waals surface area contributed by atoms with Gasteiger partial charge in [-0.25, -0.2) is 4.79 Å². The number of imide groups is 1. The molecule has 172 valence electrons. The molecule has 2 aromatic carbocycles. The fraction of sp³-hybridized carbons (Fsp3) is 0.0909. The quantitative estimate of drug-likeness (QED) is 0.234. The molecule has 0 radical (unpaired) electrons. The normalized spacial score (nSPS) is 12.5. The molecule has 0 aliphatic carbocycles. The van der Waals surface area contributed by atoms with E-state index >= 15 is 0 Å². The van der Waals surface area contributed by atoms with Gasteiger partial charge in [0.05, 0.1) is 17.6 Å². The van der Waals surface area contributed by atoms with E-state index in [9.17, 15) is 29.3 Å². The van der Waals surface area contributed by atoms with Crippen LogP contribution in [-0.2, 0) is 9.53 Å². The maximum Gasteiger partial charge on any atom is 0.341 e. The molecule has 0 fully saturated rings. The van der Waals surface area contributed by atoms with Gasteiger partial charge in [-0.3, -0.25) is 29.4 Å². The Balaban J connectivity index is 1.61. The van der Waals surface area contributed by atoms with Crippen molar-refractivity contribution in [2.45, 2.75) is 0 Å². The van der Waals surface area contributed by atoms with Crippen LogP contribution in [0.5, 0.6) is 0 Å². The maximum absolute atomic E-state index is 12.7. The lowest BCUT2D eigenvalue weighted by Crippen LogP contribution is -2.37. The van der Waals surface area contributed by atoms with Crippen molar-refractivity contribution in [2.75, 3.05) is 19.0 Å². The van der Waals surface area contributed by atoms with E-state index in [1.165, 1.54) is 19.2 Å². The standard InChI is InChI=1S/C22H14ClN3O7S/c1-33-22(30)18-13(11-5-2-3-7-14(11)23)10-34-19(18)24-16(27)9-25-20(28)12-6-4-8-15(26(31)32)17(12)21(25)29/h2-8,10H,9H2,1H3,(H,24,27). The van der Waals surface area contributed by atoms with Crippen LogP contribution in [-0.4, -0.2) is 47.2 Å². The number of methoxy groups -OCH3 is 1. The highest BCUT2D eigenvalue weighted by Crippen LogP contribution is 2.39. The van der Waals surface area contributed by atoms with Crippen molar-refractivity contribution in [3.8, 4) is 11.1 Å². The number of anilines is 1. The summed E-state index contributed by atoms with van der Waals surface area (Å²) in [7, 11) is 1.19. The lowest BCUT2D eigenvalue weighted by Gasteiger charge is -2.14. The van der Waals surface area contributed by atoms with Crippen molar-refractivity contribution in [1.82, 2.24) is 4.90 Å². The topological polar surface area (TPSA) is 136 Å². The average Bonchev–Trinajstić information content (AvgIpc) is 3.33. The Hall–Kier alpha value is -4.09. The molecule has 12 heteroatoms. The van der Waals surface area contributed by atoms with Gasteiger partial charge in [0.25, 0.3) is 17.5 Å². The molecule has 1 aromatic heterocycles. The smallest absolute Gasteiger partial charge is 0.341 e. The van der Waals surface area contributed by atoms with Crippen LogP contribution in [0.2, 0.25) is 5.02 Å². The highest BCUT2D eigenvalue weighted by molar-refractivity contribution is 7.15. The molecule has 1 N–H and O–H groups in total. The second-order valence-electron chi connectivity index (χ2n) is 7.03. The number of rotatable bonds is 6. The first-order valence-electron chi connectivity index (χ1n) is 9.62. The van der Waals surface area contributed by atoms with Crippen LogP contribution in [0.15, 0.2) is 47.8 Å². The number of nitrogens with zero attached hydrogens (tertiary/aromatic N) is 2. The number of nitro groups is 1. The molecule has 0 spiro atoms. The average molecular weight is 500 g/mol. The predicted octanol–water partition coefficient (Wildman–Crippen LogP) is 4.00. The van der Waals surface area contributed by atoms with E-state index in [0.29, 0.717) is 21.0 Å². The van der Waals surface area contributed by atoms with Gasteiger partial charge in [0, 0.05) is 27.6 Å². The number of hydrogen-bond donors (Lipinski definition) is 1. The summed E-state index contributed by atoms with van der Waals surface area (Å²) >= 11 is 7.29. The molecule has 10 nitrogen and oxygen atoms in total. The minimum absolute atomic E-state index is 0.0620. The third-order valence-corrected chi connectivity index (χ3v) is 6.30. The number of carbonyl (C=O) groups excluding carboxylic acids is 4. The van der Waals surface area contributed by atoms with Crippen LogP contribution in [0.1, 0.15) is 31.1 Å². The molecule has 0 atom stereocenters. The van der Waals surface area contributed by atoms with E-state index in [1.807, 2.05) is 0 Å². The van der Waals surface area contributed by atoms with E-state index in [-0.39, 0.29) is 21.7 Å². The van der Waals surface area contributed by atoms with Gasteiger partial charge in [0.15, 0.2) is 0 Å². The Bertz CT molecular complexity index is 1380. The first-order chi connectivity index (χ1) is 16.2. The van der Waals surface area contributed by atoms with E-state index in [2.05, 4.69) is 5.32 Å². The molecule has 0 bridgehead atoms. The van der Waals surface area contributed by atoms with Crippen molar-refractivity contribution < 1.29 is 28.8 Å². The number of ether oxygens (including phenoxy) is 1.